The maximum atomic E-state index is 11.9. The van der Waals surface area contributed by atoms with Crippen LogP contribution in [-0.4, -0.2) is 56.5 Å². The smallest absolute Gasteiger partial charge is 0.225 e. The largest absolute Gasteiger partial charge is 0.377 e. The number of nitrogens with one attached hydrogen (secondary N) is 1. The minimum atomic E-state index is -3.28. The second-order valence-electron chi connectivity index (χ2n) is 8.37. The second kappa shape index (κ2) is 9.89. The highest BCUT2D eigenvalue weighted by Crippen LogP contribution is 2.29. The number of aromatic nitrogens is 2. The van der Waals surface area contributed by atoms with Crippen LogP contribution in [0.15, 0.2) is 54.9 Å². The predicted molar refractivity (Wildman–Crippen MR) is 122 cm³/mol. The third-order valence-electron chi connectivity index (χ3n) is 5.99. The van der Waals surface area contributed by atoms with E-state index in [2.05, 4.69) is 49.9 Å². The number of benzene rings is 1. The van der Waals surface area contributed by atoms with Gasteiger partial charge in [0.25, 0.3) is 0 Å². The number of hydrogen-bond donors (Lipinski definition) is 1. The first-order chi connectivity index (χ1) is 15.0. The highest BCUT2D eigenvalue weighted by molar-refractivity contribution is 7.88. The molecule has 1 N–H and O–H groups in total. The normalized spacial score (nSPS) is 24.6. The Balaban J connectivity index is 1.38. The number of rotatable bonds is 7. The van der Waals surface area contributed by atoms with Crippen LogP contribution in [0.2, 0.25) is 0 Å². The third-order valence-corrected chi connectivity index (χ3v) is 6.72. The molecule has 166 valence electrons. The first-order valence-corrected chi connectivity index (χ1v) is 12.7. The topological polar surface area (TPSA) is 84.4 Å². The second-order valence-corrected chi connectivity index (χ2v) is 10.1. The van der Waals surface area contributed by atoms with E-state index in [-0.39, 0.29) is 18.1 Å². The van der Waals surface area contributed by atoms with Crippen molar-refractivity contribution in [3.63, 3.8) is 0 Å². The van der Waals surface area contributed by atoms with Crippen LogP contribution in [-0.2, 0) is 14.8 Å². The number of ether oxygens (including phenoxy) is 1. The average Bonchev–Trinajstić information content (AvgIpc) is 2.79. The van der Waals surface area contributed by atoms with Crippen LogP contribution < -0.4 is 9.62 Å². The van der Waals surface area contributed by atoms with Gasteiger partial charge in [0.15, 0.2) is 0 Å². The molecule has 1 fully saturated rings. The average molecular weight is 443 g/mol. The summed E-state index contributed by atoms with van der Waals surface area (Å²) in [5, 5.41) is 0. The number of piperidine rings is 1. The zero-order valence-electron chi connectivity index (χ0n) is 17.9. The molecule has 1 aromatic carbocycles. The number of nitrogens with zero attached hydrogens (tertiary/aromatic N) is 3. The fourth-order valence-electron chi connectivity index (χ4n) is 4.40. The Labute approximate surface area is 184 Å². The van der Waals surface area contributed by atoms with Crippen molar-refractivity contribution >= 4 is 21.5 Å². The molecule has 2 aliphatic rings. The third kappa shape index (κ3) is 6.12. The zero-order valence-corrected chi connectivity index (χ0v) is 18.7. The highest BCUT2D eigenvalue weighted by atomic mass is 32.2. The Kier molecular flexibility index (Phi) is 6.99. The van der Waals surface area contributed by atoms with E-state index in [9.17, 15) is 8.42 Å². The molecule has 3 atom stereocenters. The molecule has 4 rings (SSSR count). The maximum absolute atomic E-state index is 11.9. The minimum Gasteiger partial charge on any atom is -0.377 e. The summed E-state index contributed by atoms with van der Waals surface area (Å²) in [5.41, 5.74) is 2.66. The standard InChI is InChI=1S/C23H30N4O3S/c1-31(28,29)26-22-12-15-27(23-24-13-5-14-25-23)16-20(22)17-30-21-10-8-19(9-11-21)18-6-3-2-4-7-18/h2-8,13-14,20-22,26H,9-12,15-17H2,1H3/t20-,21?,22-/m0/s1. The van der Waals surface area contributed by atoms with Crippen molar-refractivity contribution < 1.29 is 13.2 Å². The van der Waals surface area contributed by atoms with Crippen molar-refractivity contribution in [1.29, 1.82) is 0 Å². The van der Waals surface area contributed by atoms with Gasteiger partial charge in [-0.3, -0.25) is 0 Å². The molecule has 0 spiro atoms. The highest BCUT2D eigenvalue weighted by Gasteiger charge is 2.33. The van der Waals surface area contributed by atoms with E-state index in [1.165, 1.54) is 17.4 Å². The number of anilines is 1. The summed E-state index contributed by atoms with van der Waals surface area (Å²) in [5.74, 6) is 0.713. The molecule has 2 heterocycles. The molecule has 0 amide bonds. The molecule has 1 aliphatic carbocycles. The van der Waals surface area contributed by atoms with Gasteiger partial charge in [-0.15, -0.1) is 0 Å². The lowest BCUT2D eigenvalue weighted by atomic mass is 9.91. The first-order valence-electron chi connectivity index (χ1n) is 10.8. The predicted octanol–water partition coefficient (Wildman–Crippen LogP) is 2.87. The SMILES string of the molecule is CS(=O)(=O)N[C@H]1CCN(c2ncccn2)C[C@H]1COC1CC=C(c2ccccc2)CC1. The summed E-state index contributed by atoms with van der Waals surface area (Å²) in [7, 11) is -3.28. The maximum Gasteiger partial charge on any atom is 0.225 e. The molecule has 1 aromatic heterocycles. The van der Waals surface area contributed by atoms with Gasteiger partial charge in [-0.1, -0.05) is 36.4 Å². The van der Waals surface area contributed by atoms with Gasteiger partial charge < -0.3 is 9.64 Å². The summed E-state index contributed by atoms with van der Waals surface area (Å²) in [6.07, 6.45) is 10.7. The van der Waals surface area contributed by atoms with Crippen molar-refractivity contribution in [2.45, 2.75) is 37.8 Å². The quantitative estimate of drug-likeness (QED) is 0.710. The number of hydrogen-bond acceptors (Lipinski definition) is 6. The molecule has 8 heteroatoms. The van der Waals surface area contributed by atoms with Crippen LogP contribution in [0, 0.1) is 5.92 Å². The van der Waals surface area contributed by atoms with Crippen LogP contribution >= 0.6 is 0 Å². The van der Waals surface area contributed by atoms with Crippen molar-refractivity contribution in [1.82, 2.24) is 14.7 Å². The monoisotopic (exact) mass is 442 g/mol. The van der Waals surface area contributed by atoms with Gasteiger partial charge in [-0.25, -0.2) is 23.1 Å². The Morgan fingerprint density at radius 1 is 1.13 bits per heavy atom. The first kappa shape index (κ1) is 21.9. The molecule has 1 unspecified atom stereocenters. The van der Waals surface area contributed by atoms with Crippen LogP contribution in [0.4, 0.5) is 5.95 Å². The van der Waals surface area contributed by atoms with Crippen LogP contribution in [0.3, 0.4) is 0 Å². The molecular weight excluding hydrogens is 412 g/mol. The van der Waals surface area contributed by atoms with Gasteiger partial charge in [0, 0.05) is 37.4 Å². The Bertz CT molecular complexity index is 982. The molecule has 31 heavy (non-hydrogen) atoms. The lowest BCUT2D eigenvalue weighted by Crippen LogP contribution is -2.53. The summed E-state index contributed by atoms with van der Waals surface area (Å²) >= 11 is 0. The number of sulfonamides is 1. The molecular formula is C23H30N4O3S. The summed E-state index contributed by atoms with van der Waals surface area (Å²) < 4.78 is 32.8. The molecule has 7 nitrogen and oxygen atoms in total. The minimum absolute atomic E-state index is 0.0341. The van der Waals surface area contributed by atoms with E-state index < -0.39 is 10.0 Å². The van der Waals surface area contributed by atoms with Crippen molar-refractivity contribution in [3.8, 4) is 0 Å². The summed E-state index contributed by atoms with van der Waals surface area (Å²) in [6, 6.07) is 12.1. The van der Waals surface area contributed by atoms with Gasteiger partial charge in [-0.05, 0) is 42.9 Å². The van der Waals surface area contributed by atoms with Gasteiger partial charge in [-0.2, -0.15) is 0 Å². The molecule has 1 aliphatic heterocycles. The Morgan fingerprint density at radius 2 is 1.90 bits per heavy atom. The molecule has 0 bridgehead atoms. The summed E-state index contributed by atoms with van der Waals surface area (Å²) in [4.78, 5) is 10.8. The Hall–Kier alpha value is -2.29. The van der Waals surface area contributed by atoms with Crippen LogP contribution in [0.25, 0.3) is 5.57 Å². The van der Waals surface area contributed by atoms with Crippen molar-refractivity contribution in [3.05, 3.63) is 60.4 Å². The lowest BCUT2D eigenvalue weighted by Gasteiger charge is -2.39. The van der Waals surface area contributed by atoms with E-state index in [1.54, 1.807) is 18.5 Å². The van der Waals surface area contributed by atoms with Crippen molar-refractivity contribution in [2.75, 3.05) is 30.9 Å². The van der Waals surface area contributed by atoms with Crippen LogP contribution in [0.1, 0.15) is 31.2 Å². The van der Waals surface area contributed by atoms with Gasteiger partial charge in [0.2, 0.25) is 16.0 Å². The van der Waals surface area contributed by atoms with Gasteiger partial charge in [0.05, 0.1) is 19.0 Å². The summed E-state index contributed by atoms with van der Waals surface area (Å²) in [6.45, 7) is 1.88. The fourth-order valence-corrected chi connectivity index (χ4v) is 5.26. The molecule has 0 radical (unpaired) electrons. The van der Waals surface area contributed by atoms with Crippen molar-refractivity contribution in [2.24, 2.45) is 5.92 Å². The van der Waals surface area contributed by atoms with Gasteiger partial charge in [0.1, 0.15) is 0 Å². The van der Waals surface area contributed by atoms with E-state index in [4.69, 9.17) is 4.74 Å². The Morgan fingerprint density at radius 3 is 2.58 bits per heavy atom. The molecule has 2 aromatic rings. The van der Waals surface area contributed by atoms with Gasteiger partial charge >= 0.3 is 0 Å². The lowest BCUT2D eigenvalue weighted by molar-refractivity contribution is 0.0164. The van der Waals surface area contributed by atoms with Crippen LogP contribution in [0.5, 0.6) is 0 Å². The molecule has 1 saturated heterocycles. The van der Waals surface area contributed by atoms with E-state index in [1.807, 2.05) is 6.07 Å². The zero-order chi connectivity index (χ0) is 21.7. The van der Waals surface area contributed by atoms with E-state index >= 15 is 0 Å². The number of allylic oxidation sites excluding steroid dienone is 1. The fraction of sp³-hybridized carbons (Fsp3) is 0.478. The molecule has 0 saturated carbocycles. The van der Waals surface area contributed by atoms with E-state index in [0.29, 0.717) is 32.1 Å². The van der Waals surface area contributed by atoms with E-state index in [0.717, 1.165) is 19.3 Å².